The van der Waals surface area contributed by atoms with Crippen LogP contribution in [0.25, 0.3) is 22.4 Å². The van der Waals surface area contributed by atoms with E-state index in [1.165, 1.54) is 11.3 Å². The molecule has 0 bridgehead atoms. The third-order valence-corrected chi connectivity index (χ3v) is 7.49. The molecule has 5 rings (SSSR count). The lowest BCUT2D eigenvalue weighted by Gasteiger charge is -2.21. The molecule has 8 nitrogen and oxygen atoms in total. The number of primary amides is 1. The van der Waals surface area contributed by atoms with Crippen molar-refractivity contribution < 1.29 is 14.4 Å². The number of nitrogens with zero attached hydrogens (tertiary/aromatic N) is 2. The van der Waals surface area contributed by atoms with E-state index in [1.807, 2.05) is 47.8 Å². The molecule has 9 heteroatoms. The van der Waals surface area contributed by atoms with Gasteiger partial charge in [-0.3, -0.25) is 19.4 Å². The van der Waals surface area contributed by atoms with Crippen LogP contribution < -0.4 is 16.4 Å². The van der Waals surface area contributed by atoms with Gasteiger partial charge in [-0.15, -0.1) is 11.3 Å². The number of aromatic nitrogens is 2. The Morgan fingerprint density at radius 3 is 2.59 bits per heavy atom. The van der Waals surface area contributed by atoms with Crippen LogP contribution in [0.3, 0.4) is 0 Å². The van der Waals surface area contributed by atoms with Gasteiger partial charge >= 0.3 is 0 Å². The highest BCUT2D eigenvalue weighted by atomic mass is 32.1. The minimum Gasteiger partial charge on any atom is -0.369 e. The first-order valence-corrected chi connectivity index (χ1v) is 12.7. The number of hydrogen-bond acceptors (Lipinski definition) is 6. The second kappa shape index (κ2) is 9.94. The Bertz CT molecular complexity index is 1500. The molecule has 2 aromatic carbocycles. The van der Waals surface area contributed by atoms with Crippen LogP contribution in [0.5, 0.6) is 0 Å². The summed E-state index contributed by atoms with van der Waals surface area (Å²) in [4.78, 5) is 45.8. The lowest BCUT2D eigenvalue weighted by atomic mass is 9.83. The van der Waals surface area contributed by atoms with Gasteiger partial charge in [0.2, 0.25) is 11.8 Å². The van der Waals surface area contributed by atoms with Crippen LogP contribution in [-0.2, 0) is 21.4 Å². The number of rotatable bonds is 7. The number of hydrogen-bond donors (Lipinski definition) is 3. The quantitative estimate of drug-likeness (QED) is 0.346. The smallest absolute Gasteiger partial charge is 0.251 e. The first-order valence-electron chi connectivity index (χ1n) is 11.8. The number of nitrogens with one attached hydrogen (secondary N) is 2. The predicted octanol–water partition coefficient (Wildman–Crippen LogP) is 3.93. The topological polar surface area (TPSA) is 127 Å². The number of carbonyl (C=O) groups excluding carboxylic acids is 3. The lowest BCUT2D eigenvalue weighted by Crippen LogP contribution is -2.37. The Balaban J connectivity index is 1.21. The van der Waals surface area contributed by atoms with Crippen LogP contribution in [0.15, 0.2) is 72.4 Å². The molecule has 0 spiro atoms. The molecule has 0 aliphatic heterocycles. The van der Waals surface area contributed by atoms with Gasteiger partial charge in [0.25, 0.3) is 5.91 Å². The molecule has 0 fully saturated rings. The van der Waals surface area contributed by atoms with Crippen molar-refractivity contribution in [1.82, 2.24) is 15.3 Å². The molecule has 4 aromatic rings. The monoisotopic (exact) mass is 511 g/mol. The molecular formula is C28H25N5O3S. The summed E-state index contributed by atoms with van der Waals surface area (Å²) in [5.41, 5.74) is 10.8. The number of nitrogens with two attached hydrogens (primary N) is 1. The molecule has 1 aliphatic carbocycles. The van der Waals surface area contributed by atoms with Crippen molar-refractivity contribution in [3.8, 4) is 22.4 Å². The maximum absolute atomic E-state index is 12.7. The Morgan fingerprint density at radius 1 is 1.03 bits per heavy atom. The molecule has 1 aliphatic rings. The van der Waals surface area contributed by atoms with Crippen LogP contribution in [0.1, 0.15) is 34.8 Å². The Kier molecular flexibility index (Phi) is 6.54. The largest absolute Gasteiger partial charge is 0.369 e. The van der Waals surface area contributed by atoms with Crippen LogP contribution in [0.2, 0.25) is 0 Å². The summed E-state index contributed by atoms with van der Waals surface area (Å²) in [5, 5.41) is 7.69. The summed E-state index contributed by atoms with van der Waals surface area (Å²) in [6.45, 7) is 1.59. The normalized spacial score (nSPS) is 16.1. The number of carbonyl (C=O) groups is 3. The highest BCUT2D eigenvalue weighted by Crippen LogP contribution is 2.39. The molecule has 1 unspecified atom stereocenters. The van der Waals surface area contributed by atoms with Crippen LogP contribution in [0, 0.1) is 0 Å². The minimum absolute atomic E-state index is 0.213. The van der Waals surface area contributed by atoms with Crippen LogP contribution in [-0.4, -0.2) is 34.2 Å². The molecule has 3 amide bonds. The molecule has 0 radical (unpaired) electrons. The average molecular weight is 512 g/mol. The number of benzene rings is 2. The molecule has 2 aromatic heterocycles. The molecule has 2 heterocycles. The van der Waals surface area contributed by atoms with E-state index in [-0.39, 0.29) is 12.5 Å². The second-order valence-corrected chi connectivity index (χ2v) is 10.0. The molecule has 4 N–H and O–H groups in total. The minimum atomic E-state index is -0.788. The Labute approximate surface area is 218 Å². The van der Waals surface area contributed by atoms with Crippen molar-refractivity contribution in [2.24, 2.45) is 5.73 Å². The molecule has 1 atom stereocenters. The molecule has 37 heavy (non-hydrogen) atoms. The first-order chi connectivity index (χ1) is 17.8. The number of aryl methyl sites for hydroxylation is 1. The Morgan fingerprint density at radius 2 is 1.81 bits per heavy atom. The van der Waals surface area contributed by atoms with Gasteiger partial charge in [0.15, 0.2) is 5.13 Å². The summed E-state index contributed by atoms with van der Waals surface area (Å²) in [6, 6.07) is 17.1. The number of pyridine rings is 1. The van der Waals surface area contributed by atoms with E-state index in [0.717, 1.165) is 39.9 Å². The van der Waals surface area contributed by atoms with E-state index in [4.69, 9.17) is 5.73 Å². The van der Waals surface area contributed by atoms with Gasteiger partial charge in [0.05, 0.1) is 17.7 Å². The highest BCUT2D eigenvalue weighted by Gasteiger charge is 2.39. The van der Waals surface area contributed by atoms with Crippen LogP contribution >= 0.6 is 11.3 Å². The summed E-state index contributed by atoms with van der Waals surface area (Å²) < 4.78 is 0. The zero-order valence-corrected chi connectivity index (χ0v) is 21.0. The summed E-state index contributed by atoms with van der Waals surface area (Å²) in [6.07, 6.45) is 4.86. The van der Waals surface area contributed by atoms with Crippen molar-refractivity contribution in [3.63, 3.8) is 0 Å². The van der Waals surface area contributed by atoms with Crippen LogP contribution in [0.4, 0.5) is 5.13 Å². The molecular weight excluding hydrogens is 486 g/mol. The van der Waals surface area contributed by atoms with Gasteiger partial charge in [-0.1, -0.05) is 24.3 Å². The van der Waals surface area contributed by atoms with Gasteiger partial charge in [-0.25, -0.2) is 4.98 Å². The van der Waals surface area contributed by atoms with E-state index in [9.17, 15) is 14.4 Å². The number of fused-ring (bicyclic) bond motifs is 1. The fraction of sp³-hybridized carbons (Fsp3) is 0.179. The maximum atomic E-state index is 12.7. The van der Waals surface area contributed by atoms with E-state index in [2.05, 4.69) is 20.6 Å². The van der Waals surface area contributed by atoms with Crippen molar-refractivity contribution >= 4 is 34.2 Å². The number of anilines is 1. The van der Waals surface area contributed by atoms with E-state index in [0.29, 0.717) is 17.1 Å². The van der Waals surface area contributed by atoms with Gasteiger partial charge in [0, 0.05) is 28.9 Å². The third kappa shape index (κ3) is 4.99. The van der Waals surface area contributed by atoms with Gasteiger partial charge < -0.3 is 16.4 Å². The highest BCUT2D eigenvalue weighted by molar-refractivity contribution is 7.14. The zero-order valence-electron chi connectivity index (χ0n) is 20.2. The fourth-order valence-electron chi connectivity index (χ4n) is 4.52. The maximum Gasteiger partial charge on any atom is 0.251 e. The number of amides is 3. The fourth-order valence-corrected chi connectivity index (χ4v) is 5.25. The first kappa shape index (κ1) is 24.3. The standard InChI is InChI=1S/C28H25N5O3S/c1-28(26(29)36)10-7-18-5-6-21(14-22(18)28)25(35)31-15-24(34)33-27-32-23(16-37-27)20-4-2-3-19(13-20)17-8-11-30-12-9-17/h2-6,8-9,11-14,16H,7,10,15H2,1H3,(H2,29,36)(H,31,35)(H,32,33,34). The predicted molar refractivity (Wildman–Crippen MR) is 143 cm³/mol. The Hall–Kier alpha value is -4.37. The van der Waals surface area contributed by atoms with E-state index >= 15 is 0 Å². The molecule has 186 valence electrons. The third-order valence-electron chi connectivity index (χ3n) is 6.74. The molecule has 0 saturated carbocycles. The SMILES string of the molecule is CC1(C(N)=O)CCc2ccc(C(=O)NCC(=O)Nc3nc(-c4cccc(-c5ccncc5)c4)cs3)cc21. The average Bonchev–Trinajstić information content (AvgIpc) is 3.53. The van der Waals surface area contributed by atoms with Crippen molar-refractivity contribution in [2.75, 3.05) is 11.9 Å². The van der Waals surface area contributed by atoms with Crippen molar-refractivity contribution in [2.45, 2.75) is 25.2 Å². The zero-order chi connectivity index (χ0) is 26.0. The van der Waals surface area contributed by atoms with Gasteiger partial charge in [0.1, 0.15) is 0 Å². The van der Waals surface area contributed by atoms with E-state index < -0.39 is 17.2 Å². The van der Waals surface area contributed by atoms with Gasteiger partial charge in [-0.05, 0) is 72.4 Å². The lowest BCUT2D eigenvalue weighted by molar-refractivity contribution is -0.123. The summed E-state index contributed by atoms with van der Waals surface area (Å²) in [5.74, 6) is -1.19. The second-order valence-electron chi connectivity index (χ2n) is 9.15. The summed E-state index contributed by atoms with van der Waals surface area (Å²) >= 11 is 1.31. The van der Waals surface area contributed by atoms with Gasteiger partial charge in [-0.2, -0.15) is 0 Å². The number of thiazole rings is 1. The molecule has 0 saturated heterocycles. The van der Waals surface area contributed by atoms with Crippen molar-refractivity contribution in [3.05, 3.63) is 89.1 Å². The van der Waals surface area contributed by atoms with Crippen molar-refractivity contribution in [1.29, 1.82) is 0 Å². The van der Waals surface area contributed by atoms with E-state index in [1.54, 1.807) is 31.5 Å². The summed E-state index contributed by atoms with van der Waals surface area (Å²) in [7, 11) is 0.